The van der Waals surface area contributed by atoms with Crippen LogP contribution in [0.2, 0.25) is 0 Å². The molecular weight excluding hydrogens is 550 g/mol. The lowest BCUT2D eigenvalue weighted by molar-refractivity contribution is 0.0540. The van der Waals surface area contributed by atoms with Gasteiger partial charge >= 0.3 is 6.09 Å². The van der Waals surface area contributed by atoms with Gasteiger partial charge in [0.1, 0.15) is 5.60 Å². The van der Waals surface area contributed by atoms with Crippen molar-refractivity contribution < 1.29 is 22.1 Å². The van der Waals surface area contributed by atoms with Crippen molar-refractivity contribution in [1.29, 1.82) is 0 Å². The molecule has 0 spiro atoms. The van der Waals surface area contributed by atoms with Crippen LogP contribution in [0.3, 0.4) is 0 Å². The molecule has 0 saturated carbocycles. The third kappa shape index (κ3) is 5.85. The fourth-order valence-corrected chi connectivity index (χ4v) is 4.75. The van der Waals surface area contributed by atoms with Crippen LogP contribution in [0.1, 0.15) is 32.0 Å². The van der Waals surface area contributed by atoms with Crippen molar-refractivity contribution in [3.8, 4) is 0 Å². The SMILES string of the molecule is CC(C)(C)OC(=O)n1c(CCOS(C)(=O)=O)cc2ccc(Cn3ccc4c(Br)cncc4c3=O)cc21. The number of nitrogens with zero attached hydrogens (tertiary/aromatic N) is 3. The summed E-state index contributed by atoms with van der Waals surface area (Å²) in [6, 6.07) is 9.23. The Bertz CT molecular complexity index is 1630. The first-order valence-electron chi connectivity index (χ1n) is 11.2. The highest BCUT2D eigenvalue weighted by Crippen LogP contribution is 2.25. The molecule has 0 aliphatic carbocycles. The molecule has 0 aliphatic heterocycles. The smallest absolute Gasteiger partial charge is 0.419 e. The summed E-state index contributed by atoms with van der Waals surface area (Å²) in [4.78, 5) is 30.3. The van der Waals surface area contributed by atoms with Gasteiger partial charge in [0.15, 0.2) is 0 Å². The van der Waals surface area contributed by atoms with Gasteiger partial charge in [-0.2, -0.15) is 8.42 Å². The highest BCUT2D eigenvalue weighted by molar-refractivity contribution is 9.10. The number of fused-ring (bicyclic) bond motifs is 2. The molecule has 0 unspecified atom stereocenters. The van der Waals surface area contributed by atoms with Gasteiger partial charge in [-0.05, 0) is 60.5 Å². The summed E-state index contributed by atoms with van der Waals surface area (Å²) in [6.07, 6.45) is 5.49. The lowest BCUT2D eigenvalue weighted by atomic mass is 10.1. The third-order valence-electron chi connectivity index (χ3n) is 5.38. The Kier molecular flexibility index (Phi) is 7.09. The number of ether oxygens (including phenoxy) is 1. The number of rotatable bonds is 6. The number of carbonyl (C=O) groups is 1. The van der Waals surface area contributed by atoms with Crippen LogP contribution in [0.15, 0.2) is 58.2 Å². The zero-order chi connectivity index (χ0) is 26.3. The van der Waals surface area contributed by atoms with E-state index in [0.717, 1.165) is 27.1 Å². The molecule has 0 bridgehead atoms. The molecule has 0 radical (unpaired) electrons. The normalized spacial score (nSPS) is 12.4. The van der Waals surface area contributed by atoms with Crippen LogP contribution in [-0.4, -0.2) is 47.1 Å². The molecule has 0 fully saturated rings. The molecule has 0 N–H and O–H groups in total. The Balaban J connectivity index is 1.74. The average Bonchev–Trinajstić information content (AvgIpc) is 3.11. The fourth-order valence-electron chi connectivity index (χ4n) is 3.90. The summed E-state index contributed by atoms with van der Waals surface area (Å²) in [5.74, 6) is 0. The first-order valence-corrected chi connectivity index (χ1v) is 13.8. The molecule has 3 aromatic heterocycles. The van der Waals surface area contributed by atoms with Crippen LogP contribution in [0.5, 0.6) is 0 Å². The van der Waals surface area contributed by atoms with Gasteiger partial charge < -0.3 is 9.30 Å². The van der Waals surface area contributed by atoms with Crippen LogP contribution in [0.4, 0.5) is 4.79 Å². The van der Waals surface area contributed by atoms with Crippen LogP contribution in [0, 0.1) is 0 Å². The highest BCUT2D eigenvalue weighted by atomic mass is 79.9. The largest absolute Gasteiger partial charge is 0.443 e. The van der Waals surface area contributed by atoms with Gasteiger partial charge in [-0.25, -0.2) is 9.36 Å². The van der Waals surface area contributed by atoms with Crippen molar-refractivity contribution in [3.63, 3.8) is 0 Å². The van der Waals surface area contributed by atoms with E-state index in [1.165, 1.54) is 4.57 Å². The van der Waals surface area contributed by atoms with Crippen LogP contribution < -0.4 is 5.56 Å². The van der Waals surface area contributed by atoms with E-state index in [9.17, 15) is 18.0 Å². The predicted octanol–water partition coefficient (Wildman–Crippen LogP) is 4.46. The Morgan fingerprint density at radius 1 is 1.11 bits per heavy atom. The Morgan fingerprint density at radius 3 is 2.56 bits per heavy atom. The minimum absolute atomic E-state index is 0.110. The number of benzene rings is 1. The van der Waals surface area contributed by atoms with Gasteiger partial charge in [-0.15, -0.1) is 0 Å². The zero-order valence-electron chi connectivity index (χ0n) is 20.3. The van der Waals surface area contributed by atoms with Crippen molar-refractivity contribution in [2.45, 2.75) is 39.3 Å². The first kappa shape index (κ1) is 26.1. The molecule has 4 rings (SSSR count). The fraction of sp³-hybridized carbons (Fsp3) is 0.320. The van der Waals surface area contributed by atoms with Crippen molar-refractivity contribution in [3.05, 3.63) is 75.0 Å². The van der Waals surface area contributed by atoms with E-state index in [4.69, 9.17) is 8.92 Å². The first-order chi connectivity index (χ1) is 16.8. The van der Waals surface area contributed by atoms with Crippen molar-refractivity contribution in [1.82, 2.24) is 14.1 Å². The Hall–Kier alpha value is -3.02. The number of hydrogen-bond donors (Lipinski definition) is 0. The van der Waals surface area contributed by atoms with Gasteiger partial charge in [0.25, 0.3) is 15.7 Å². The monoisotopic (exact) mass is 575 g/mol. The zero-order valence-corrected chi connectivity index (χ0v) is 22.7. The molecule has 9 nitrogen and oxygen atoms in total. The number of halogens is 1. The molecule has 4 aromatic rings. The molecule has 190 valence electrons. The molecule has 0 aliphatic rings. The van der Waals surface area contributed by atoms with E-state index in [2.05, 4.69) is 20.9 Å². The quantitative estimate of drug-likeness (QED) is 0.312. The highest BCUT2D eigenvalue weighted by Gasteiger charge is 2.22. The summed E-state index contributed by atoms with van der Waals surface area (Å²) < 4.78 is 37.0. The summed E-state index contributed by atoms with van der Waals surface area (Å²) >= 11 is 3.42. The average molecular weight is 576 g/mol. The van der Waals surface area contributed by atoms with E-state index in [-0.39, 0.29) is 25.1 Å². The van der Waals surface area contributed by atoms with Crippen LogP contribution >= 0.6 is 15.9 Å². The number of aromatic nitrogens is 3. The van der Waals surface area contributed by atoms with Gasteiger partial charge in [0.05, 0.1) is 30.3 Å². The second-order valence-corrected chi connectivity index (χ2v) is 12.0. The Morgan fingerprint density at radius 2 is 1.86 bits per heavy atom. The standard InChI is InChI=1S/C25H26BrN3O6S/c1-25(2,3)35-24(31)29-18(8-10-34-36(4,32)33)12-17-6-5-16(11-22(17)29)15-28-9-7-19-20(23(28)30)13-27-14-21(19)26/h5-7,9,11-14H,8,10,15H2,1-4H3. The lowest BCUT2D eigenvalue weighted by Gasteiger charge is -2.21. The Labute approximate surface area is 216 Å². The third-order valence-corrected chi connectivity index (χ3v) is 6.61. The molecule has 1 aromatic carbocycles. The number of pyridine rings is 2. The summed E-state index contributed by atoms with van der Waals surface area (Å²) in [5, 5.41) is 2.05. The van der Waals surface area contributed by atoms with Crippen molar-refractivity contribution >= 4 is 53.8 Å². The summed E-state index contributed by atoms with van der Waals surface area (Å²) in [7, 11) is -3.62. The second-order valence-electron chi connectivity index (χ2n) is 9.45. The van der Waals surface area contributed by atoms with Crippen molar-refractivity contribution in [2.75, 3.05) is 12.9 Å². The minimum Gasteiger partial charge on any atom is -0.443 e. The van der Waals surface area contributed by atoms with Crippen molar-refractivity contribution in [2.24, 2.45) is 0 Å². The molecule has 3 heterocycles. The summed E-state index contributed by atoms with van der Waals surface area (Å²) in [5.41, 5.74) is 1.04. The molecule has 11 heteroatoms. The second kappa shape index (κ2) is 9.79. The van der Waals surface area contributed by atoms with Gasteiger partial charge in [-0.1, -0.05) is 12.1 Å². The maximum atomic E-state index is 13.1. The van der Waals surface area contributed by atoms with Crippen LogP contribution in [0.25, 0.3) is 21.7 Å². The van der Waals surface area contributed by atoms with E-state index in [0.29, 0.717) is 16.6 Å². The van der Waals surface area contributed by atoms with E-state index in [1.807, 2.05) is 24.3 Å². The lowest BCUT2D eigenvalue weighted by Crippen LogP contribution is -2.28. The topological polar surface area (TPSA) is 109 Å². The molecule has 36 heavy (non-hydrogen) atoms. The molecular formula is C25H26BrN3O6S. The maximum absolute atomic E-state index is 13.1. The van der Waals surface area contributed by atoms with E-state index < -0.39 is 21.8 Å². The van der Waals surface area contributed by atoms with Crippen LogP contribution in [-0.2, 0) is 32.0 Å². The maximum Gasteiger partial charge on any atom is 0.419 e. The van der Waals surface area contributed by atoms with E-state index in [1.54, 1.807) is 50.0 Å². The molecule has 0 saturated heterocycles. The van der Waals surface area contributed by atoms with Gasteiger partial charge in [0, 0.05) is 46.0 Å². The number of carbonyl (C=O) groups excluding carboxylic acids is 1. The minimum atomic E-state index is -3.62. The predicted molar refractivity (Wildman–Crippen MR) is 141 cm³/mol. The van der Waals surface area contributed by atoms with Gasteiger partial charge in [0.2, 0.25) is 0 Å². The molecule has 0 atom stereocenters. The van der Waals surface area contributed by atoms with Gasteiger partial charge in [-0.3, -0.25) is 14.0 Å². The molecule has 0 amide bonds. The van der Waals surface area contributed by atoms with E-state index >= 15 is 0 Å². The summed E-state index contributed by atoms with van der Waals surface area (Å²) in [6.45, 7) is 5.49. The number of hydrogen-bond acceptors (Lipinski definition) is 7.